The molecular weight excluding hydrogens is 270 g/mol. The first-order valence-electron chi connectivity index (χ1n) is 4.83. The van der Waals surface area contributed by atoms with Gasteiger partial charge >= 0.3 is 0 Å². The zero-order valence-corrected chi connectivity index (χ0v) is 10.4. The topological polar surface area (TPSA) is 63.9 Å². The Bertz CT molecular complexity index is 496. The van der Waals surface area contributed by atoms with Gasteiger partial charge in [0.2, 0.25) is 0 Å². The zero-order valence-electron chi connectivity index (χ0n) is 8.83. The first-order valence-corrected chi connectivity index (χ1v) is 5.62. The fraction of sp³-hybridized carbons (Fsp3) is 0.182. The predicted octanol–water partition coefficient (Wildman–Crippen LogP) is 2.31. The van der Waals surface area contributed by atoms with Crippen LogP contribution >= 0.6 is 15.9 Å². The lowest BCUT2D eigenvalue weighted by Crippen LogP contribution is -1.95. The summed E-state index contributed by atoms with van der Waals surface area (Å²) >= 11 is 3.44. The quantitative estimate of drug-likeness (QED) is 0.908. The second kappa shape index (κ2) is 4.67. The maximum Gasteiger partial charge on any atom is 0.142 e. The minimum atomic E-state index is 0.448. The molecule has 84 valence electrons. The molecule has 1 aromatic heterocycles. The van der Waals surface area contributed by atoms with Crippen LogP contribution in [-0.4, -0.2) is 17.3 Å². The zero-order chi connectivity index (χ0) is 11.5. The van der Waals surface area contributed by atoms with Crippen molar-refractivity contribution in [3.8, 4) is 17.0 Å². The summed E-state index contributed by atoms with van der Waals surface area (Å²) in [6.45, 7) is 0.448. The Morgan fingerprint density at radius 2 is 2.31 bits per heavy atom. The number of rotatable bonds is 3. The van der Waals surface area contributed by atoms with Gasteiger partial charge in [0.15, 0.2) is 0 Å². The monoisotopic (exact) mass is 281 g/mol. The SMILES string of the molecule is COc1c(Br)cccc1-c1cc(CN)[nH]n1. The molecule has 2 aromatic rings. The third-order valence-corrected chi connectivity index (χ3v) is 2.92. The highest BCUT2D eigenvalue weighted by atomic mass is 79.9. The highest BCUT2D eigenvalue weighted by molar-refractivity contribution is 9.10. The molecule has 0 fully saturated rings. The van der Waals surface area contributed by atoms with Crippen molar-refractivity contribution in [1.29, 1.82) is 0 Å². The van der Waals surface area contributed by atoms with E-state index in [4.69, 9.17) is 10.5 Å². The van der Waals surface area contributed by atoms with Crippen LogP contribution in [0.4, 0.5) is 0 Å². The van der Waals surface area contributed by atoms with Gasteiger partial charge in [-0.15, -0.1) is 0 Å². The summed E-state index contributed by atoms with van der Waals surface area (Å²) in [5.74, 6) is 0.776. The lowest BCUT2D eigenvalue weighted by molar-refractivity contribution is 0.413. The molecule has 5 heteroatoms. The molecule has 4 nitrogen and oxygen atoms in total. The van der Waals surface area contributed by atoms with Crippen molar-refractivity contribution < 1.29 is 4.74 Å². The van der Waals surface area contributed by atoms with E-state index in [1.165, 1.54) is 0 Å². The number of nitrogens with one attached hydrogen (secondary N) is 1. The normalized spacial score (nSPS) is 10.4. The van der Waals surface area contributed by atoms with Crippen molar-refractivity contribution in [2.75, 3.05) is 7.11 Å². The molecule has 0 aliphatic rings. The number of aromatic nitrogens is 2. The number of aromatic amines is 1. The lowest BCUT2D eigenvalue weighted by Gasteiger charge is -2.07. The van der Waals surface area contributed by atoms with Gasteiger partial charge in [0.05, 0.1) is 17.3 Å². The van der Waals surface area contributed by atoms with Gasteiger partial charge in [0.1, 0.15) is 5.75 Å². The number of benzene rings is 1. The fourth-order valence-electron chi connectivity index (χ4n) is 1.52. The average Bonchev–Trinajstić information content (AvgIpc) is 2.77. The van der Waals surface area contributed by atoms with Gasteiger partial charge < -0.3 is 10.5 Å². The molecular formula is C11H12BrN3O. The number of ether oxygens (including phenoxy) is 1. The maximum absolute atomic E-state index is 5.53. The first kappa shape index (κ1) is 11.2. The maximum atomic E-state index is 5.53. The number of hydrogen-bond acceptors (Lipinski definition) is 3. The largest absolute Gasteiger partial charge is 0.495 e. The second-order valence-corrected chi connectivity index (χ2v) is 4.16. The molecule has 0 atom stereocenters. The molecule has 0 saturated carbocycles. The highest BCUT2D eigenvalue weighted by Crippen LogP contribution is 2.35. The third kappa shape index (κ3) is 1.96. The first-order chi connectivity index (χ1) is 7.76. The van der Waals surface area contributed by atoms with Crippen LogP contribution in [0.25, 0.3) is 11.3 Å². The van der Waals surface area contributed by atoms with Crippen LogP contribution < -0.4 is 10.5 Å². The van der Waals surface area contributed by atoms with Crippen molar-refractivity contribution in [2.24, 2.45) is 5.73 Å². The second-order valence-electron chi connectivity index (χ2n) is 3.30. The Kier molecular flexibility index (Phi) is 3.26. The van der Waals surface area contributed by atoms with Crippen LogP contribution in [0.5, 0.6) is 5.75 Å². The van der Waals surface area contributed by atoms with Gasteiger partial charge in [-0.2, -0.15) is 5.10 Å². The van der Waals surface area contributed by atoms with E-state index in [1.807, 2.05) is 24.3 Å². The molecule has 1 aromatic carbocycles. The summed E-state index contributed by atoms with van der Waals surface area (Å²) in [5.41, 5.74) is 8.20. The van der Waals surface area contributed by atoms with E-state index < -0.39 is 0 Å². The van der Waals surface area contributed by atoms with Crippen LogP contribution in [0, 0.1) is 0 Å². The highest BCUT2D eigenvalue weighted by Gasteiger charge is 2.11. The smallest absolute Gasteiger partial charge is 0.142 e. The van der Waals surface area contributed by atoms with E-state index >= 15 is 0 Å². The predicted molar refractivity (Wildman–Crippen MR) is 66.2 cm³/mol. The van der Waals surface area contributed by atoms with E-state index in [2.05, 4.69) is 26.1 Å². The Balaban J connectivity index is 2.50. The number of hydrogen-bond donors (Lipinski definition) is 2. The van der Waals surface area contributed by atoms with E-state index in [0.29, 0.717) is 6.54 Å². The summed E-state index contributed by atoms with van der Waals surface area (Å²) in [4.78, 5) is 0. The molecule has 0 saturated heterocycles. The minimum Gasteiger partial charge on any atom is -0.495 e. The number of H-pyrrole nitrogens is 1. The van der Waals surface area contributed by atoms with Crippen molar-refractivity contribution >= 4 is 15.9 Å². The number of para-hydroxylation sites is 1. The number of halogens is 1. The molecule has 0 spiro atoms. The molecule has 0 amide bonds. The Hall–Kier alpha value is -1.33. The Labute approximate surface area is 102 Å². The molecule has 0 unspecified atom stereocenters. The van der Waals surface area contributed by atoms with Gasteiger partial charge in [0, 0.05) is 17.8 Å². The average molecular weight is 282 g/mol. The molecule has 3 N–H and O–H groups in total. The number of nitrogens with two attached hydrogens (primary N) is 1. The minimum absolute atomic E-state index is 0.448. The van der Waals surface area contributed by atoms with Crippen molar-refractivity contribution in [3.63, 3.8) is 0 Å². The molecule has 1 heterocycles. The van der Waals surface area contributed by atoms with Crippen molar-refractivity contribution in [2.45, 2.75) is 6.54 Å². The Morgan fingerprint density at radius 3 is 2.94 bits per heavy atom. The summed E-state index contributed by atoms with van der Waals surface area (Å²) in [5, 5.41) is 7.08. The summed E-state index contributed by atoms with van der Waals surface area (Å²) < 4.78 is 6.25. The van der Waals surface area contributed by atoms with Gasteiger partial charge in [-0.05, 0) is 34.1 Å². The van der Waals surface area contributed by atoms with Crippen LogP contribution in [0.15, 0.2) is 28.7 Å². The van der Waals surface area contributed by atoms with Crippen LogP contribution in [0.3, 0.4) is 0 Å². The fourth-order valence-corrected chi connectivity index (χ4v) is 2.05. The molecule has 0 aliphatic heterocycles. The molecule has 0 aliphatic carbocycles. The molecule has 16 heavy (non-hydrogen) atoms. The number of nitrogens with zero attached hydrogens (tertiary/aromatic N) is 1. The van der Waals surface area contributed by atoms with Crippen molar-refractivity contribution in [1.82, 2.24) is 10.2 Å². The van der Waals surface area contributed by atoms with E-state index in [-0.39, 0.29) is 0 Å². The van der Waals surface area contributed by atoms with Gasteiger partial charge in [-0.3, -0.25) is 5.10 Å². The van der Waals surface area contributed by atoms with Crippen molar-refractivity contribution in [3.05, 3.63) is 34.4 Å². The van der Waals surface area contributed by atoms with Crippen LogP contribution in [0.2, 0.25) is 0 Å². The lowest BCUT2D eigenvalue weighted by atomic mass is 10.1. The molecule has 0 bridgehead atoms. The van der Waals surface area contributed by atoms with E-state index in [0.717, 1.165) is 27.2 Å². The van der Waals surface area contributed by atoms with Crippen LogP contribution in [-0.2, 0) is 6.54 Å². The van der Waals surface area contributed by atoms with Gasteiger partial charge in [0.25, 0.3) is 0 Å². The van der Waals surface area contributed by atoms with E-state index in [1.54, 1.807) is 7.11 Å². The Morgan fingerprint density at radius 1 is 1.50 bits per heavy atom. The molecule has 2 rings (SSSR count). The molecule has 0 radical (unpaired) electrons. The third-order valence-electron chi connectivity index (χ3n) is 2.30. The van der Waals surface area contributed by atoms with E-state index in [9.17, 15) is 0 Å². The standard InChI is InChI=1S/C11H12BrN3O/c1-16-11-8(3-2-4-9(11)12)10-5-7(6-13)14-15-10/h2-5H,6,13H2,1H3,(H,14,15). The summed E-state index contributed by atoms with van der Waals surface area (Å²) in [7, 11) is 1.64. The van der Waals surface area contributed by atoms with Gasteiger partial charge in [-0.25, -0.2) is 0 Å². The van der Waals surface area contributed by atoms with Crippen LogP contribution in [0.1, 0.15) is 5.69 Å². The summed E-state index contributed by atoms with van der Waals surface area (Å²) in [6, 6.07) is 7.75. The number of methoxy groups -OCH3 is 1. The summed E-state index contributed by atoms with van der Waals surface area (Å²) in [6.07, 6.45) is 0. The van der Waals surface area contributed by atoms with Gasteiger partial charge in [-0.1, -0.05) is 6.07 Å².